The minimum Gasteiger partial charge on any atom is -0.495 e. The van der Waals surface area contributed by atoms with Crippen molar-refractivity contribution in [3.63, 3.8) is 0 Å². The summed E-state index contributed by atoms with van der Waals surface area (Å²) in [6.07, 6.45) is 3.57. The van der Waals surface area contributed by atoms with E-state index in [0.717, 1.165) is 5.56 Å². The molecule has 0 unspecified atom stereocenters. The van der Waals surface area contributed by atoms with Crippen molar-refractivity contribution in [1.29, 1.82) is 0 Å². The molecule has 0 bridgehead atoms. The van der Waals surface area contributed by atoms with Crippen LogP contribution in [0.25, 0.3) is 0 Å². The second-order valence-corrected chi connectivity index (χ2v) is 6.35. The molecule has 0 atom stereocenters. The van der Waals surface area contributed by atoms with Gasteiger partial charge in [-0.25, -0.2) is 13.1 Å². The second kappa shape index (κ2) is 6.15. The van der Waals surface area contributed by atoms with E-state index in [9.17, 15) is 8.42 Å². The Hall–Kier alpha value is -2.06. The number of aromatic nitrogens is 2. The summed E-state index contributed by atoms with van der Waals surface area (Å²) in [5.74, 6) is 0.334. The van der Waals surface area contributed by atoms with Crippen LogP contribution in [0.15, 0.2) is 35.5 Å². The lowest BCUT2D eigenvalue weighted by atomic mass is 10.3. The Morgan fingerprint density at radius 3 is 2.81 bits per heavy atom. The Balaban J connectivity index is 2.04. The molecule has 0 amide bonds. The lowest BCUT2D eigenvalue weighted by molar-refractivity contribution is 0.415. The molecule has 0 aliphatic carbocycles. The zero-order chi connectivity index (χ0) is 15.5. The van der Waals surface area contributed by atoms with Gasteiger partial charge in [0, 0.05) is 18.8 Å². The molecule has 21 heavy (non-hydrogen) atoms. The van der Waals surface area contributed by atoms with E-state index in [4.69, 9.17) is 10.5 Å². The summed E-state index contributed by atoms with van der Waals surface area (Å²) in [4.78, 5) is 0.116. The summed E-state index contributed by atoms with van der Waals surface area (Å²) in [6, 6.07) is 4.35. The van der Waals surface area contributed by atoms with E-state index >= 15 is 0 Å². The molecule has 0 saturated heterocycles. The molecule has 0 radical (unpaired) electrons. The van der Waals surface area contributed by atoms with Crippen LogP contribution in [0, 0.1) is 6.92 Å². The van der Waals surface area contributed by atoms with E-state index < -0.39 is 10.0 Å². The minimum atomic E-state index is -3.60. The Morgan fingerprint density at radius 1 is 1.43 bits per heavy atom. The van der Waals surface area contributed by atoms with Gasteiger partial charge in [0.15, 0.2) is 0 Å². The maximum Gasteiger partial charge on any atom is 0.240 e. The number of nitrogens with zero attached hydrogens (tertiary/aromatic N) is 2. The Morgan fingerprint density at radius 2 is 2.19 bits per heavy atom. The summed E-state index contributed by atoms with van der Waals surface area (Å²) < 4.78 is 33.6. The molecule has 1 heterocycles. The first-order valence-corrected chi connectivity index (χ1v) is 7.83. The van der Waals surface area contributed by atoms with Crippen LogP contribution < -0.4 is 15.2 Å². The Labute approximate surface area is 123 Å². The molecule has 8 heteroatoms. The number of nitrogen functional groups attached to an aromatic ring is 1. The third kappa shape index (κ3) is 3.73. The van der Waals surface area contributed by atoms with E-state index in [-0.39, 0.29) is 11.4 Å². The predicted molar refractivity (Wildman–Crippen MR) is 79.6 cm³/mol. The van der Waals surface area contributed by atoms with Crippen LogP contribution in [-0.2, 0) is 16.6 Å². The number of benzene rings is 1. The standard InChI is InChI=1S/C13H18N4O3S/c1-10-8-15-17(9-10)6-5-16-21(18,19)11-3-4-12(14)13(7-11)20-2/h3-4,7-9,16H,5-6,14H2,1-2H3. The van der Waals surface area contributed by atoms with Crippen molar-refractivity contribution in [3.8, 4) is 5.75 Å². The Kier molecular flexibility index (Phi) is 4.49. The highest BCUT2D eigenvalue weighted by atomic mass is 32.2. The number of rotatable bonds is 6. The van der Waals surface area contributed by atoms with Crippen molar-refractivity contribution >= 4 is 15.7 Å². The number of methoxy groups -OCH3 is 1. The number of hydrogen-bond acceptors (Lipinski definition) is 5. The molecule has 0 spiro atoms. The molecule has 2 aromatic rings. The van der Waals surface area contributed by atoms with Gasteiger partial charge in [-0.15, -0.1) is 0 Å². The number of aryl methyl sites for hydroxylation is 1. The monoisotopic (exact) mass is 310 g/mol. The topological polar surface area (TPSA) is 99.2 Å². The number of sulfonamides is 1. The molecule has 1 aromatic heterocycles. The molecular weight excluding hydrogens is 292 g/mol. The second-order valence-electron chi connectivity index (χ2n) is 4.58. The number of nitrogens with one attached hydrogen (secondary N) is 1. The highest BCUT2D eigenvalue weighted by molar-refractivity contribution is 7.89. The molecule has 114 valence electrons. The third-order valence-electron chi connectivity index (χ3n) is 2.91. The number of hydrogen-bond donors (Lipinski definition) is 2. The zero-order valence-corrected chi connectivity index (χ0v) is 12.7. The van der Waals surface area contributed by atoms with Crippen molar-refractivity contribution in [3.05, 3.63) is 36.2 Å². The number of ether oxygens (including phenoxy) is 1. The summed E-state index contributed by atoms with van der Waals surface area (Å²) in [5.41, 5.74) is 7.09. The van der Waals surface area contributed by atoms with E-state index in [1.807, 2.05) is 13.1 Å². The first-order valence-electron chi connectivity index (χ1n) is 6.34. The van der Waals surface area contributed by atoms with Gasteiger partial charge in [0.1, 0.15) is 5.75 Å². The molecular formula is C13H18N4O3S. The lowest BCUT2D eigenvalue weighted by Gasteiger charge is -2.09. The number of nitrogens with two attached hydrogens (primary N) is 1. The highest BCUT2D eigenvalue weighted by Crippen LogP contribution is 2.24. The van der Waals surface area contributed by atoms with Crippen LogP contribution in [-0.4, -0.2) is 31.9 Å². The van der Waals surface area contributed by atoms with Crippen LogP contribution in [0.5, 0.6) is 5.75 Å². The molecule has 1 aromatic carbocycles. The van der Waals surface area contributed by atoms with Gasteiger partial charge in [-0.1, -0.05) is 0 Å². The van der Waals surface area contributed by atoms with Gasteiger partial charge in [-0.05, 0) is 24.6 Å². The van der Waals surface area contributed by atoms with Crippen molar-refractivity contribution in [1.82, 2.24) is 14.5 Å². The van der Waals surface area contributed by atoms with Crippen molar-refractivity contribution < 1.29 is 13.2 Å². The average Bonchev–Trinajstić information content (AvgIpc) is 2.84. The van der Waals surface area contributed by atoms with Crippen LogP contribution in [0.1, 0.15) is 5.56 Å². The van der Waals surface area contributed by atoms with Gasteiger partial charge in [-0.2, -0.15) is 5.10 Å². The quantitative estimate of drug-likeness (QED) is 0.767. The van der Waals surface area contributed by atoms with Crippen LogP contribution in [0.2, 0.25) is 0 Å². The number of anilines is 1. The van der Waals surface area contributed by atoms with Crippen molar-refractivity contribution in [2.45, 2.75) is 18.4 Å². The summed E-state index contributed by atoms with van der Waals surface area (Å²) in [5, 5.41) is 4.09. The summed E-state index contributed by atoms with van der Waals surface area (Å²) in [6.45, 7) is 2.63. The largest absolute Gasteiger partial charge is 0.495 e. The highest BCUT2D eigenvalue weighted by Gasteiger charge is 2.15. The molecule has 0 aliphatic rings. The van der Waals surface area contributed by atoms with Crippen molar-refractivity contribution in [2.24, 2.45) is 0 Å². The third-order valence-corrected chi connectivity index (χ3v) is 4.37. The fraction of sp³-hybridized carbons (Fsp3) is 0.308. The molecule has 0 saturated carbocycles. The van der Waals surface area contributed by atoms with Gasteiger partial charge in [-0.3, -0.25) is 4.68 Å². The van der Waals surface area contributed by atoms with Gasteiger partial charge in [0.2, 0.25) is 10.0 Å². The molecule has 0 fully saturated rings. The van der Waals surface area contributed by atoms with Crippen LogP contribution in [0.3, 0.4) is 0 Å². The lowest BCUT2D eigenvalue weighted by Crippen LogP contribution is -2.27. The molecule has 2 rings (SSSR count). The SMILES string of the molecule is COc1cc(S(=O)(=O)NCCn2cc(C)cn2)ccc1N. The summed E-state index contributed by atoms with van der Waals surface area (Å²) >= 11 is 0. The van der Waals surface area contributed by atoms with Gasteiger partial charge in [0.25, 0.3) is 0 Å². The first-order chi connectivity index (χ1) is 9.92. The van der Waals surface area contributed by atoms with Crippen LogP contribution >= 0.6 is 0 Å². The van der Waals surface area contributed by atoms with E-state index in [2.05, 4.69) is 9.82 Å². The average molecular weight is 310 g/mol. The molecule has 0 aliphatic heterocycles. The Bertz CT molecular complexity index is 725. The molecule has 3 N–H and O–H groups in total. The van der Waals surface area contributed by atoms with Gasteiger partial charge >= 0.3 is 0 Å². The van der Waals surface area contributed by atoms with Crippen LogP contribution in [0.4, 0.5) is 5.69 Å². The normalized spacial score (nSPS) is 11.5. The van der Waals surface area contributed by atoms with E-state index in [1.54, 1.807) is 10.9 Å². The van der Waals surface area contributed by atoms with Crippen molar-refractivity contribution in [2.75, 3.05) is 19.4 Å². The maximum absolute atomic E-state index is 12.2. The zero-order valence-electron chi connectivity index (χ0n) is 11.9. The maximum atomic E-state index is 12.2. The fourth-order valence-electron chi connectivity index (χ4n) is 1.83. The van der Waals surface area contributed by atoms with E-state index in [1.165, 1.54) is 25.3 Å². The summed E-state index contributed by atoms with van der Waals surface area (Å²) in [7, 11) is -2.16. The van der Waals surface area contributed by atoms with Gasteiger partial charge in [0.05, 0.1) is 30.4 Å². The van der Waals surface area contributed by atoms with Gasteiger partial charge < -0.3 is 10.5 Å². The van der Waals surface area contributed by atoms with E-state index in [0.29, 0.717) is 18.0 Å². The molecule has 7 nitrogen and oxygen atoms in total. The smallest absolute Gasteiger partial charge is 0.240 e. The first kappa shape index (κ1) is 15.3. The predicted octanol–water partition coefficient (Wildman–Crippen LogP) is 0.761. The fourth-order valence-corrected chi connectivity index (χ4v) is 2.86. The minimum absolute atomic E-state index is 0.116.